The van der Waals surface area contributed by atoms with E-state index in [-0.39, 0.29) is 24.2 Å². The number of aromatic nitrogens is 2. The lowest BCUT2D eigenvalue weighted by molar-refractivity contribution is -0.126. The van der Waals surface area contributed by atoms with E-state index in [0.29, 0.717) is 6.04 Å². The van der Waals surface area contributed by atoms with Crippen molar-refractivity contribution in [2.45, 2.75) is 52.1 Å². The van der Waals surface area contributed by atoms with E-state index in [9.17, 15) is 4.79 Å². The van der Waals surface area contributed by atoms with Crippen molar-refractivity contribution in [3.8, 4) is 0 Å². The number of nitrogens with one attached hydrogen (secondary N) is 2. The van der Waals surface area contributed by atoms with Crippen LogP contribution >= 0.6 is 12.4 Å². The largest absolute Gasteiger partial charge is 0.356 e. The van der Waals surface area contributed by atoms with Crippen LogP contribution in [0.4, 0.5) is 0 Å². The van der Waals surface area contributed by atoms with Gasteiger partial charge in [-0.1, -0.05) is 0 Å². The molecule has 0 aromatic carbocycles. The summed E-state index contributed by atoms with van der Waals surface area (Å²) in [7, 11) is 0. The maximum Gasteiger partial charge on any atom is 0.223 e. The van der Waals surface area contributed by atoms with Crippen LogP contribution in [0.5, 0.6) is 0 Å². The first-order valence-corrected chi connectivity index (χ1v) is 7.65. The highest BCUT2D eigenvalue weighted by Crippen LogP contribution is 2.15. The normalized spacial score (nSPS) is 21.6. The van der Waals surface area contributed by atoms with Crippen LogP contribution in [0.25, 0.3) is 0 Å². The lowest BCUT2D eigenvalue weighted by atomic mass is 9.92. The van der Waals surface area contributed by atoms with E-state index in [2.05, 4.69) is 27.1 Å². The van der Waals surface area contributed by atoms with Gasteiger partial charge in [0.05, 0.1) is 0 Å². The molecule has 0 radical (unpaired) electrons. The van der Waals surface area contributed by atoms with Crippen molar-refractivity contribution < 1.29 is 4.79 Å². The number of rotatable bonds is 6. The summed E-state index contributed by atoms with van der Waals surface area (Å²) in [5.41, 5.74) is 0. The molecule has 0 saturated carbocycles. The van der Waals surface area contributed by atoms with Crippen molar-refractivity contribution >= 4 is 18.3 Å². The maximum absolute atomic E-state index is 12.0. The number of hydrogen-bond donors (Lipinski definition) is 2. The molecule has 2 rings (SSSR count). The molecule has 1 amide bonds. The molecule has 120 valence electrons. The summed E-state index contributed by atoms with van der Waals surface area (Å²) < 4.78 is 2.15. The number of piperidine rings is 1. The van der Waals surface area contributed by atoms with Gasteiger partial charge in [-0.05, 0) is 46.1 Å². The molecule has 6 heteroatoms. The SMILES string of the molecule is Cc1nccn1CCCCNC(=O)[C@H]1CCN[C@@H](C)C1.Cl. The molecule has 0 spiro atoms. The molecule has 1 saturated heterocycles. The van der Waals surface area contributed by atoms with Crippen LogP contribution in [-0.2, 0) is 11.3 Å². The van der Waals surface area contributed by atoms with Crippen molar-refractivity contribution in [1.82, 2.24) is 20.2 Å². The molecule has 0 bridgehead atoms. The summed E-state index contributed by atoms with van der Waals surface area (Å²) in [6.45, 7) is 6.88. The van der Waals surface area contributed by atoms with Crippen molar-refractivity contribution in [1.29, 1.82) is 0 Å². The van der Waals surface area contributed by atoms with E-state index >= 15 is 0 Å². The van der Waals surface area contributed by atoms with Crippen molar-refractivity contribution in [2.24, 2.45) is 5.92 Å². The minimum atomic E-state index is 0. The maximum atomic E-state index is 12.0. The molecule has 2 atom stereocenters. The number of amides is 1. The number of carbonyl (C=O) groups is 1. The van der Waals surface area contributed by atoms with Gasteiger partial charge in [-0.15, -0.1) is 12.4 Å². The molecule has 0 unspecified atom stereocenters. The fraction of sp³-hybridized carbons (Fsp3) is 0.733. The summed E-state index contributed by atoms with van der Waals surface area (Å²) in [6, 6.07) is 0.462. The fourth-order valence-corrected chi connectivity index (χ4v) is 2.77. The molecule has 1 aliphatic rings. The Morgan fingerprint density at radius 1 is 1.52 bits per heavy atom. The van der Waals surface area contributed by atoms with E-state index in [0.717, 1.165) is 51.1 Å². The average molecular weight is 315 g/mol. The molecule has 21 heavy (non-hydrogen) atoms. The quantitative estimate of drug-likeness (QED) is 0.788. The Morgan fingerprint density at radius 3 is 3.00 bits per heavy atom. The molecule has 2 heterocycles. The van der Waals surface area contributed by atoms with E-state index in [1.54, 1.807) is 0 Å². The Bertz CT molecular complexity index is 435. The Labute approximate surface area is 133 Å². The highest BCUT2D eigenvalue weighted by molar-refractivity contribution is 5.85. The van der Waals surface area contributed by atoms with Crippen molar-refractivity contribution in [3.05, 3.63) is 18.2 Å². The van der Waals surface area contributed by atoms with Gasteiger partial charge in [0, 0.05) is 37.4 Å². The van der Waals surface area contributed by atoms with E-state index in [4.69, 9.17) is 0 Å². The first kappa shape index (κ1) is 18.0. The van der Waals surface area contributed by atoms with Gasteiger partial charge in [-0.2, -0.15) is 0 Å². The second-order valence-corrected chi connectivity index (χ2v) is 5.74. The third-order valence-corrected chi connectivity index (χ3v) is 4.04. The Hall–Kier alpha value is -1.07. The number of imidazole rings is 1. The first-order valence-electron chi connectivity index (χ1n) is 7.65. The zero-order valence-corrected chi connectivity index (χ0v) is 13.8. The fourth-order valence-electron chi connectivity index (χ4n) is 2.77. The lowest BCUT2D eigenvalue weighted by Crippen LogP contribution is -2.42. The predicted octanol–water partition coefficient (Wildman–Crippen LogP) is 1.90. The summed E-state index contributed by atoms with van der Waals surface area (Å²) in [6.07, 6.45) is 7.84. The highest BCUT2D eigenvalue weighted by Gasteiger charge is 2.24. The summed E-state index contributed by atoms with van der Waals surface area (Å²) >= 11 is 0. The van der Waals surface area contributed by atoms with Gasteiger partial charge in [0.1, 0.15) is 5.82 Å². The van der Waals surface area contributed by atoms with Crippen LogP contribution in [0.3, 0.4) is 0 Å². The second kappa shape index (κ2) is 9.05. The summed E-state index contributed by atoms with van der Waals surface area (Å²) in [5.74, 6) is 1.48. The number of aryl methyl sites for hydroxylation is 2. The van der Waals surface area contributed by atoms with Crippen LogP contribution in [0.15, 0.2) is 12.4 Å². The van der Waals surface area contributed by atoms with E-state index in [1.807, 2.05) is 19.3 Å². The molecule has 1 aromatic heterocycles. The minimum absolute atomic E-state index is 0. The molecule has 1 aliphatic heterocycles. The minimum Gasteiger partial charge on any atom is -0.356 e. The van der Waals surface area contributed by atoms with Gasteiger partial charge in [0.25, 0.3) is 0 Å². The summed E-state index contributed by atoms with van der Waals surface area (Å²) in [5, 5.41) is 6.45. The third kappa shape index (κ3) is 5.67. The monoisotopic (exact) mass is 314 g/mol. The molecule has 0 aliphatic carbocycles. The van der Waals surface area contributed by atoms with Crippen LogP contribution < -0.4 is 10.6 Å². The lowest BCUT2D eigenvalue weighted by Gasteiger charge is -2.27. The van der Waals surface area contributed by atoms with Crippen LogP contribution in [0.1, 0.15) is 38.4 Å². The van der Waals surface area contributed by atoms with Gasteiger partial charge in [-0.3, -0.25) is 4.79 Å². The Morgan fingerprint density at radius 2 is 2.33 bits per heavy atom. The van der Waals surface area contributed by atoms with Crippen molar-refractivity contribution in [2.75, 3.05) is 13.1 Å². The zero-order chi connectivity index (χ0) is 14.4. The molecule has 5 nitrogen and oxygen atoms in total. The highest BCUT2D eigenvalue weighted by atomic mass is 35.5. The van der Waals surface area contributed by atoms with Gasteiger partial charge >= 0.3 is 0 Å². The smallest absolute Gasteiger partial charge is 0.223 e. The number of carbonyl (C=O) groups excluding carboxylic acids is 1. The molecule has 2 N–H and O–H groups in total. The van der Waals surface area contributed by atoms with Gasteiger partial charge in [0.15, 0.2) is 0 Å². The van der Waals surface area contributed by atoms with E-state index < -0.39 is 0 Å². The van der Waals surface area contributed by atoms with Crippen LogP contribution in [0, 0.1) is 12.8 Å². The zero-order valence-electron chi connectivity index (χ0n) is 13.0. The first-order chi connectivity index (χ1) is 9.66. The van der Waals surface area contributed by atoms with Gasteiger partial charge in [-0.25, -0.2) is 4.98 Å². The molecular formula is C15H27ClN4O. The van der Waals surface area contributed by atoms with Crippen LogP contribution in [-0.4, -0.2) is 34.6 Å². The number of halogens is 1. The standard InChI is InChI=1S/C15H26N4O.ClH/c1-12-11-14(5-7-16-12)15(20)18-6-3-4-9-19-10-8-17-13(19)2;/h8,10,12,14,16H,3-7,9,11H2,1-2H3,(H,18,20);1H/t12-,14-;/m0./s1. The van der Waals surface area contributed by atoms with Crippen molar-refractivity contribution in [3.63, 3.8) is 0 Å². The average Bonchev–Trinajstić information content (AvgIpc) is 2.84. The predicted molar refractivity (Wildman–Crippen MR) is 86.6 cm³/mol. The van der Waals surface area contributed by atoms with Gasteiger partial charge < -0.3 is 15.2 Å². The summed E-state index contributed by atoms with van der Waals surface area (Å²) in [4.78, 5) is 16.2. The Kier molecular flexibility index (Phi) is 7.75. The molecule has 1 fully saturated rings. The molecular weight excluding hydrogens is 288 g/mol. The third-order valence-electron chi connectivity index (χ3n) is 4.04. The van der Waals surface area contributed by atoms with Gasteiger partial charge in [0.2, 0.25) is 5.91 Å². The molecule has 1 aromatic rings. The number of nitrogens with zero attached hydrogens (tertiary/aromatic N) is 2. The number of unbranched alkanes of at least 4 members (excludes halogenated alkanes) is 1. The topological polar surface area (TPSA) is 59.0 Å². The van der Waals surface area contributed by atoms with Crippen LogP contribution in [0.2, 0.25) is 0 Å². The number of hydrogen-bond acceptors (Lipinski definition) is 3. The second-order valence-electron chi connectivity index (χ2n) is 5.74. The Balaban J connectivity index is 0.00000220. The van der Waals surface area contributed by atoms with E-state index in [1.165, 1.54) is 0 Å².